The normalized spacial score (nSPS) is 11.5. The van der Waals surface area contributed by atoms with E-state index < -0.39 is 5.60 Å². The Morgan fingerprint density at radius 1 is 1.40 bits per heavy atom. The highest BCUT2D eigenvalue weighted by Gasteiger charge is 2.13. The molecule has 0 bridgehead atoms. The molecule has 1 aromatic rings. The lowest BCUT2D eigenvalue weighted by molar-refractivity contribution is 0.0284. The Morgan fingerprint density at radius 3 is 2.73 bits per heavy atom. The van der Waals surface area contributed by atoms with Crippen molar-refractivity contribution in [3.8, 4) is 5.75 Å². The third kappa shape index (κ3) is 4.81. The molecule has 0 amide bonds. The second-order valence-electron chi connectivity index (χ2n) is 4.28. The van der Waals surface area contributed by atoms with E-state index in [1.54, 1.807) is 13.8 Å². The van der Waals surface area contributed by atoms with Crippen molar-refractivity contribution in [3.63, 3.8) is 0 Å². The van der Waals surface area contributed by atoms with Crippen LogP contribution in [0.2, 0.25) is 0 Å². The lowest BCUT2D eigenvalue weighted by Crippen LogP contribution is -2.27. The van der Waals surface area contributed by atoms with E-state index in [-0.39, 0.29) is 0 Å². The van der Waals surface area contributed by atoms with Gasteiger partial charge < -0.3 is 15.2 Å². The molecule has 3 nitrogen and oxygen atoms in total. The Kier molecular flexibility index (Phi) is 4.12. The highest BCUT2D eigenvalue weighted by Crippen LogP contribution is 2.15. The molecule has 0 saturated carbocycles. The summed E-state index contributed by atoms with van der Waals surface area (Å²) in [6.07, 6.45) is 0. The van der Waals surface area contributed by atoms with Gasteiger partial charge >= 0.3 is 0 Å². The van der Waals surface area contributed by atoms with Crippen molar-refractivity contribution in [1.29, 1.82) is 0 Å². The largest absolute Gasteiger partial charge is 0.491 e. The van der Waals surface area contributed by atoms with Gasteiger partial charge in [-0.15, -0.1) is 0 Å². The smallest absolute Gasteiger partial charge is 0.119 e. The van der Waals surface area contributed by atoms with E-state index in [2.05, 4.69) is 5.32 Å². The lowest BCUT2D eigenvalue weighted by Gasteiger charge is -2.18. The third-order valence-electron chi connectivity index (χ3n) is 1.87. The van der Waals surface area contributed by atoms with E-state index in [1.807, 2.05) is 31.3 Å². The zero-order valence-electron chi connectivity index (χ0n) is 9.58. The van der Waals surface area contributed by atoms with Crippen LogP contribution in [0.3, 0.4) is 0 Å². The number of rotatable bonds is 5. The van der Waals surface area contributed by atoms with Crippen LogP contribution in [0.4, 0.5) is 0 Å². The summed E-state index contributed by atoms with van der Waals surface area (Å²) in [7, 11) is 1.91. The van der Waals surface area contributed by atoms with Crippen LogP contribution in [0.25, 0.3) is 0 Å². The van der Waals surface area contributed by atoms with Gasteiger partial charge in [0.05, 0.1) is 5.60 Å². The molecule has 0 aliphatic rings. The zero-order chi connectivity index (χ0) is 11.3. The Labute approximate surface area is 91.1 Å². The molecule has 0 saturated heterocycles. The maximum Gasteiger partial charge on any atom is 0.119 e. The lowest BCUT2D eigenvalue weighted by atomic mass is 10.1. The Morgan fingerprint density at radius 2 is 2.13 bits per heavy atom. The molecular formula is C12H19NO2. The summed E-state index contributed by atoms with van der Waals surface area (Å²) in [6.45, 7) is 4.57. The standard InChI is InChI=1S/C12H19NO2/c1-12(2,14)9-15-11-6-4-5-10(7-11)8-13-3/h4-7,13-14H,8-9H2,1-3H3. The fraction of sp³-hybridized carbons (Fsp3) is 0.500. The first-order valence-electron chi connectivity index (χ1n) is 5.10. The molecule has 0 spiro atoms. The second kappa shape index (κ2) is 5.14. The van der Waals surface area contributed by atoms with Gasteiger partial charge in [-0.2, -0.15) is 0 Å². The Balaban J connectivity index is 2.57. The average molecular weight is 209 g/mol. The fourth-order valence-corrected chi connectivity index (χ4v) is 1.21. The molecule has 0 aromatic heterocycles. The van der Waals surface area contributed by atoms with Crippen molar-refractivity contribution in [1.82, 2.24) is 5.32 Å². The summed E-state index contributed by atoms with van der Waals surface area (Å²) in [4.78, 5) is 0. The summed E-state index contributed by atoms with van der Waals surface area (Å²) >= 11 is 0. The first-order valence-corrected chi connectivity index (χ1v) is 5.10. The van der Waals surface area contributed by atoms with E-state index in [0.29, 0.717) is 6.61 Å². The van der Waals surface area contributed by atoms with Crippen molar-refractivity contribution in [2.24, 2.45) is 0 Å². The van der Waals surface area contributed by atoms with E-state index >= 15 is 0 Å². The predicted octanol–water partition coefficient (Wildman–Crippen LogP) is 1.56. The molecule has 0 aliphatic carbocycles. The van der Waals surface area contributed by atoms with Crippen LogP contribution in [0, 0.1) is 0 Å². The molecule has 84 valence electrons. The van der Waals surface area contributed by atoms with Crippen molar-refractivity contribution in [3.05, 3.63) is 29.8 Å². The molecule has 0 atom stereocenters. The van der Waals surface area contributed by atoms with Crippen molar-refractivity contribution in [2.75, 3.05) is 13.7 Å². The summed E-state index contributed by atoms with van der Waals surface area (Å²) < 4.78 is 5.48. The molecule has 2 N–H and O–H groups in total. The maximum absolute atomic E-state index is 9.51. The van der Waals surface area contributed by atoms with E-state index in [0.717, 1.165) is 12.3 Å². The van der Waals surface area contributed by atoms with Gasteiger partial charge in [-0.05, 0) is 38.6 Å². The molecule has 1 rings (SSSR count). The van der Waals surface area contributed by atoms with Crippen molar-refractivity contribution in [2.45, 2.75) is 26.0 Å². The number of nitrogens with one attached hydrogen (secondary N) is 1. The molecule has 3 heteroatoms. The summed E-state index contributed by atoms with van der Waals surface area (Å²) in [5, 5.41) is 12.6. The SMILES string of the molecule is CNCc1cccc(OCC(C)(C)O)c1. The van der Waals surface area contributed by atoms with Gasteiger partial charge in [0, 0.05) is 6.54 Å². The topological polar surface area (TPSA) is 41.5 Å². The maximum atomic E-state index is 9.51. The van der Waals surface area contributed by atoms with Crippen molar-refractivity contribution < 1.29 is 9.84 Å². The summed E-state index contributed by atoms with van der Waals surface area (Å²) in [5.74, 6) is 0.796. The Hall–Kier alpha value is -1.06. The van der Waals surface area contributed by atoms with Crippen LogP contribution in [-0.2, 0) is 6.54 Å². The highest BCUT2D eigenvalue weighted by molar-refractivity contribution is 5.28. The minimum atomic E-state index is -0.793. The van der Waals surface area contributed by atoms with Crippen LogP contribution in [-0.4, -0.2) is 24.4 Å². The first-order chi connectivity index (χ1) is 7.01. The minimum Gasteiger partial charge on any atom is -0.491 e. The molecule has 0 aliphatic heterocycles. The van der Waals surface area contributed by atoms with Gasteiger partial charge in [-0.3, -0.25) is 0 Å². The van der Waals surface area contributed by atoms with Crippen LogP contribution >= 0.6 is 0 Å². The van der Waals surface area contributed by atoms with Gasteiger partial charge in [0.25, 0.3) is 0 Å². The van der Waals surface area contributed by atoms with Gasteiger partial charge in [0.15, 0.2) is 0 Å². The monoisotopic (exact) mass is 209 g/mol. The van der Waals surface area contributed by atoms with E-state index in [9.17, 15) is 5.11 Å². The van der Waals surface area contributed by atoms with Gasteiger partial charge in [-0.1, -0.05) is 12.1 Å². The van der Waals surface area contributed by atoms with Gasteiger partial charge in [0.2, 0.25) is 0 Å². The number of aliphatic hydroxyl groups is 1. The number of hydrogen-bond donors (Lipinski definition) is 2. The van der Waals surface area contributed by atoms with Gasteiger partial charge in [-0.25, -0.2) is 0 Å². The van der Waals surface area contributed by atoms with Crippen LogP contribution in [0.1, 0.15) is 19.4 Å². The van der Waals surface area contributed by atoms with Gasteiger partial charge in [0.1, 0.15) is 12.4 Å². The predicted molar refractivity (Wildman–Crippen MR) is 61.0 cm³/mol. The molecule has 1 aromatic carbocycles. The fourth-order valence-electron chi connectivity index (χ4n) is 1.21. The van der Waals surface area contributed by atoms with E-state index in [1.165, 1.54) is 5.56 Å². The third-order valence-corrected chi connectivity index (χ3v) is 1.87. The van der Waals surface area contributed by atoms with Crippen LogP contribution < -0.4 is 10.1 Å². The second-order valence-corrected chi connectivity index (χ2v) is 4.28. The summed E-state index contributed by atoms with van der Waals surface area (Å²) in [6, 6.07) is 7.85. The quantitative estimate of drug-likeness (QED) is 0.773. The average Bonchev–Trinajstić information content (AvgIpc) is 2.15. The zero-order valence-corrected chi connectivity index (χ0v) is 9.58. The number of hydrogen-bond acceptors (Lipinski definition) is 3. The number of benzene rings is 1. The van der Waals surface area contributed by atoms with Crippen LogP contribution in [0.5, 0.6) is 5.75 Å². The molecule has 0 fully saturated rings. The molecule has 0 radical (unpaired) electrons. The molecule has 15 heavy (non-hydrogen) atoms. The number of ether oxygens (including phenoxy) is 1. The molecule has 0 unspecified atom stereocenters. The minimum absolute atomic E-state index is 0.302. The first kappa shape index (κ1) is 12.0. The van der Waals surface area contributed by atoms with Crippen LogP contribution in [0.15, 0.2) is 24.3 Å². The molecular weight excluding hydrogens is 190 g/mol. The highest BCUT2D eigenvalue weighted by atomic mass is 16.5. The Bertz CT molecular complexity index is 305. The molecule has 0 heterocycles. The van der Waals surface area contributed by atoms with E-state index in [4.69, 9.17) is 4.74 Å². The summed E-state index contributed by atoms with van der Waals surface area (Å²) in [5.41, 5.74) is 0.379. The van der Waals surface area contributed by atoms with Crippen molar-refractivity contribution >= 4 is 0 Å².